The van der Waals surface area contributed by atoms with Crippen molar-refractivity contribution in [2.75, 3.05) is 13.7 Å². The Morgan fingerprint density at radius 1 is 0.800 bits per heavy atom. The molecular weight excluding hydrogens is 586 g/mol. The summed E-state index contributed by atoms with van der Waals surface area (Å²) in [6.45, 7) is 4.62. The zero-order valence-electron chi connectivity index (χ0n) is 26.0. The summed E-state index contributed by atoms with van der Waals surface area (Å²) in [6, 6.07) is 30.9. The topological polar surface area (TPSA) is 105 Å². The van der Waals surface area contributed by atoms with E-state index in [1.54, 1.807) is 43.2 Å². The summed E-state index contributed by atoms with van der Waals surface area (Å²) < 4.78 is 32.5. The monoisotopic (exact) mass is 627 g/mol. The number of ether oxygens (including phenoxy) is 1. The quantitative estimate of drug-likeness (QED) is 0.189. The summed E-state index contributed by atoms with van der Waals surface area (Å²) in [7, 11) is -1.97. The van der Waals surface area contributed by atoms with E-state index in [4.69, 9.17) is 4.74 Å². The standard InChI is InChI=1S/C36H41N3O5S/c1-4-38-45(42,43)33-21-16-28(17-22-33)18-23-35(40)39(26-31-14-19-32(44-3)20-15-31)34(24-29-8-6-5-7-9-29)36(41)37-25-30-12-10-27(2)11-13-30/h5-17,19-22,34,38H,4,18,23-26H2,1-3H3,(H,37,41)/t34-/m0/s1. The zero-order valence-corrected chi connectivity index (χ0v) is 26.8. The number of carbonyl (C=O) groups is 2. The fourth-order valence-electron chi connectivity index (χ4n) is 5.00. The second-order valence-corrected chi connectivity index (χ2v) is 12.7. The first-order valence-corrected chi connectivity index (χ1v) is 16.5. The fraction of sp³-hybridized carbons (Fsp3) is 0.278. The maximum atomic E-state index is 14.0. The molecule has 9 heteroatoms. The van der Waals surface area contributed by atoms with Gasteiger partial charge in [0, 0.05) is 32.5 Å². The Kier molecular flexibility index (Phi) is 11.9. The van der Waals surface area contributed by atoms with Gasteiger partial charge in [0.1, 0.15) is 11.8 Å². The van der Waals surface area contributed by atoms with E-state index in [2.05, 4.69) is 10.0 Å². The van der Waals surface area contributed by atoms with Crippen molar-refractivity contribution in [1.82, 2.24) is 14.9 Å². The van der Waals surface area contributed by atoms with Crippen LogP contribution in [0, 0.1) is 6.92 Å². The number of nitrogens with zero attached hydrogens (tertiary/aromatic N) is 1. The van der Waals surface area contributed by atoms with E-state index in [1.165, 1.54) is 0 Å². The molecule has 0 radical (unpaired) electrons. The van der Waals surface area contributed by atoms with Crippen molar-refractivity contribution in [1.29, 1.82) is 0 Å². The molecule has 0 spiro atoms. The van der Waals surface area contributed by atoms with Gasteiger partial charge in [-0.25, -0.2) is 13.1 Å². The van der Waals surface area contributed by atoms with Crippen LogP contribution in [0.1, 0.15) is 41.2 Å². The molecule has 0 saturated carbocycles. The number of aryl methyl sites for hydroxylation is 2. The number of carbonyl (C=O) groups excluding carboxylic acids is 2. The summed E-state index contributed by atoms with van der Waals surface area (Å²) in [6.07, 6.45) is 0.883. The van der Waals surface area contributed by atoms with Gasteiger partial charge in [-0.1, -0.05) is 91.3 Å². The Bertz CT molecular complexity index is 1640. The molecule has 0 aliphatic rings. The zero-order chi connectivity index (χ0) is 32.2. The van der Waals surface area contributed by atoms with Crippen LogP contribution in [-0.4, -0.2) is 44.8 Å². The average molecular weight is 628 g/mol. The van der Waals surface area contributed by atoms with E-state index in [0.29, 0.717) is 31.7 Å². The number of nitrogens with one attached hydrogen (secondary N) is 2. The molecule has 0 aliphatic carbocycles. The van der Waals surface area contributed by atoms with Crippen LogP contribution in [0.4, 0.5) is 0 Å². The number of amides is 2. The molecule has 0 bridgehead atoms. The SMILES string of the molecule is CCNS(=O)(=O)c1ccc(CCC(=O)N(Cc2ccc(OC)cc2)[C@@H](Cc2ccccc2)C(=O)NCc2ccc(C)cc2)cc1. The minimum absolute atomic E-state index is 0.145. The maximum absolute atomic E-state index is 14.0. The smallest absolute Gasteiger partial charge is 0.243 e. The lowest BCUT2D eigenvalue weighted by molar-refractivity contribution is -0.141. The van der Waals surface area contributed by atoms with Crippen molar-refractivity contribution in [3.05, 3.63) is 131 Å². The van der Waals surface area contributed by atoms with Gasteiger partial charge in [0.2, 0.25) is 21.8 Å². The number of methoxy groups -OCH3 is 1. The van der Waals surface area contributed by atoms with Crippen LogP contribution in [0.15, 0.2) is 108 Å². The lowest BCUT2D eigenvalue weighted by atomic mass is 10.0. The predicted molar refractivity (Wildman–Crippen MR) is 176 cm³/mol. The molecule has 4 aromatic rings. The second-order valence-electron chi connectivity index (χ2n) is 10.9. The van der Waals surface area contributed by atoms with E-state index >= 15 is 0 Å². The molecule has 236 valence electrons. The molecule has 0 fully saturated rings. The van der Waals surface area contributed by atoms with E-state index in [0.717, 1.165) is 27.8 Å². The third-order valence-corrected chi connectivity index (χ3v) is 9.13. The summed E-state index contributed by atoms with van der Waals surface area (Å²) >= 11 is 0. The summed E-state index contributed by atoms with van der Waals surface area (Å²) in [5.74, 6) is 0.286. The summed E-state index contributed by atoms with van der Waals surface area (Å²) in [4.78, 5) is 29.7. The van der Waals surface area contributed by atoms with Crippen LogP contribution in [0.5, 0.6) is 5.75 Å². The average Bonchev–Trinajstić information content (AvgIpc) is 3.05. The van der Waals surface area contributed by atoms with Gasteiger partial charge in [0.05, 0.1) is 12.0 Å². The van der Waals surface area contributed by atoms with Gasteiger partial charge in [-0.05, 0) is 59.9 Å². The molecule has 0 heterocycles. The lowest BCUT2D eigenvalue weighted by Gasteiger charge is -2.32. The van der Waals surface area contributed by atoms with Crippen LogP contribution in [0.25, 0.3) is 0 Å². The van der Waals surface area contributed by atoms with Crippen molar-refractivity contribution in [3.8, 4) is 5.75 Å². The Morgan fingerprint density at radius 2 is 1.42 bits per heavy atom. The minimum Gasteiger partial charge on any atom is -0.497 e. The van der Waals surface area contributed by atoms with E-state index in [1.807, 2.05) is 85.8 Å². The fourth-order valence-corrected chi connectivity index (χ4v) is 6.04. The molecule has 4 rings (SSSR count). The third-order valence-electron chi connectivity index (χ3n) is 7.57. The van der Waals surface area contributed by atoms with E-state index in [-0.39, 0.29) is 29.7 Å². The Hall–Kier alpha value is -4.47. The van der Waals surface area contributed by atoms with Gasteiger partial charge < -0.3 is 15.0 Å². The molecule has 8 nitrogen and oxygen atoms in total. The number of sulfonamides is 1. The van der Waals surface area contributed by atoms with Crippen molar-refractivity contribution in [3.63, 3.8) is 0 Å². The highest BCUT2D eigenvalue weighted by Crippen LogP contribution is 2.20. The van der Waals surface area contributed by atoms with Gasteiger partial charge in [0.25, 0.3) is 0 Å². The molecule has 0 saturated heterocycles. The molecular formula is C36H41N3O5S. The Morgan fingerprint density at radius 3 is 2.04 bits per heavy atom. The van der Waals surface area contributed by atoms with Gasteiger partial charge in [-0.3, -0.25) is 9.59 Å². The van der Waals surface area contributed by atoms with Gasteiger partial charge in [-0.2, -0.15) is 0 Å². The van der Waals surface area contributed by atoms with E-state index in [9.17, 15) is 18.0 Å². The van der Waals surface area contributed by atoms with Crippen LogP contribution in [0.2, 0.25) is 0 Å². The third kappa shape index (κ3) is 9.76. The van der Waals surface area contributed by atoms with Crippen molar-refractivity contribution >= 4 is 21.8 Å². The molecule has 4 aromatic carbocycles. The number of hydrogen-bond donors (Lipinski definition) is 2. The normalized spacial score (nSPS) is 11.9. The van der Waals surface area contributed by atoms with Gasteiger partial charge in [-0.15, -0.1) is 0 Å². The number of rotatable bonds is 15. The molecule has 0 aliphatic heterocycles. The molecule has 0 unspecified atom stereocenters. The van der Waals surface area contributed by atoms with E-state index < -0.39 is 16.1 Å². The highest BCUT2D eigenvalue weighted by Gasteiger charge is 2.30. The number of hydrogen-bond acceptors (Lipinski definition) is 5. The van der Waals surface area contributed by atoms with Crippen LogP contribution < -0.4 is 14.8 Å². The van der Waals surface area contributed by atoms with Crippen LogP contribution >= 0.6 is 0 Å². The summed E-state index contributed by atoms with van der Waals surface area (Å²) in [5.41, 5.74) is 4.74. The highest BCUT2D eigenvalue weighted by molar-refractivity contribution is 7.89. The summed E-state index contributed by atoms with van der Waals surface area (Å²) in [5, 5.41) is 3.07. The first kappa shape index (κ1) is 33.4. The molecule has 45 heavy (non-hydrogen) atoms. The minimum atomic E-state index is -3.57. The maximum Gasteiger partial charge on any atom is 0.243 e. The molecule has 0 aromatic heterocycles. The van der Waals surface area contributed by atoms with Gasteiger partial charge in [0.15, 0.2) is 0 Å². The molecule has 1 atom stereocenters. The molecule has 2 amide bonds. The highest BCUT2D eigenvalue weighted by atomic mass is 32.2. The van der Waals surface area contributed by atoms with Crippen molar-refractivity contribution in [2.45, 2.75) is 57.1 Å². The van der Waals surface area contributed by atoms with Crippen LogP contribution in [0.3, 0.4) is 0 Å². The predicted octanol–water partition coefficient (Wildman–Crippen LogP) is 5.19. The number of benzene rings is 4. The molecule has 2 N–H and O–H groups in total. The second kappa shape index (κ2) is 16.0. The Labute approximate surface area is 266 Å². The largest absolute Gasteiger partial charge is 0.497 e. The van der Waals surface area contributed by atoms with Crippen molar-refractivity contribution < 1.29 is 22.7 Å². The van der Waals surface area contributed by atoms with Crippen LogP contribution in [-0.2, 0) is 45.5 Å². The Balaban J connectivity index is 1.59. The van der Waals surface area contributed by atoms with Crippen molar-refractivity contribution in [2.24, 2.45) is 0 Å². The first-order valence-electron chi connectivity index (χ1n) is 15.1. The lowest BCUT2D eigenvalue weighted by Crippen LogP contribution is -2.50. The van der Waals surface area contributed by atoms with Gasteiger partial charge >= 0.3 is 0 Å². The first-order chi connectivity index (χ1) is 21.7.